The van der Waals surface area contributed by atoms with E-state index in [0.29, 0.717) is 22.0 Å². The Balaban J connectivity index is 1.71. The van der Waals surface area contributed by atoms with E-state index < -0.39 is 0 Å². The van der Waals surface area contributed by atoms with Crippen LogP contribution in [0.15, 0.2) is 28.7 Å². The smallest absolute Gasteiger partial charge is 0.266 e. The van der Waals surface area contributed by atoms with Gasteiger partial charge >= 0.3 is 0 Å². The van der Waals surface area contributed by atoms with Gasteiger partial charge in [0.1, 0.15) is 10.3 Å². The molecule has 0 saturated carbocycles. The van der Waals surface area contributed by atoms with Gasteiger partial charge in [-0.2, -0.15) is 0 Å². The molecule has 3 aromatic heterocycles. The maximum Gasteiger partial charge on any atom is 0.266 e. The molecule has 1 N–H and O–H groups in total. The second-order valence-electron chi connectivity index (χ2n) is 6.19. The Labute approximate surface area is 148 Å². The second kappa shape index (κ2) is 5.67. The van der Waals surface area contributed by atoms with Crippen molar-refractivity contribution in [3.05, 3.63) is 51.9 Å². The van der Waals surface area contributed by atoms with E-state index in [0.717, 1.165) is 32.6 Å². The molecule has 5 nitrogen and oxygen atoms in total. The molecular formula is C19H17N3O2S. The molecule has 0 aliphatic carbocycles. The summed E-state index contributed by atoms with van der Waals surface area (Å²) in [6.07, 6.45) is 0. The third-order valence-electron chi connectivity index (χ3n) is 4.18. The number of rotatable bonds is 2. The number of anilines is 1. The van der Waals surface area contributed by atoms with Crippen molar-refractivity contribution in [1.29, 1.82) is 0 Å². The van der Waals surface area contributed by atoms with Crippen LogP contribution in [0.4, 0.5) is 5.69 Å². The summed E-state index contributed by atoms with van der Waals surface area (Å²) >= 11 is 1.43. The molecule has 0 unspecified atom stereocenters. The number of hydrogen-bond donors (Lipinski definition) is 1. The Kier molecular flexibility index (Phi) is 3.58. The Morgan fingerprint density at radius 2 is 1.92 bits per heavy atom. The van der Waals surface area contributed by atoms with Crippen LogP contribution in [0.5, 0.6) is 0 Å². The predicted octanol–water partition coefficient (Wildman–Crippen LogP) is 4.92. The first-order valence-electron chi connectivity index (χ1n) is 7.98. The van der Waals surface area contributed by atoms with Crippen LogP contribution in [0.2, 0.25) is 0 Å². The maximum absolute atomic E-state index is 12.8. The van der Waals surface area contributed by atoms with Gasteiger partial charge in [-0.1, -0.05) is 0 Å². The van der Waals surface area contributed by atoms with E-state index >= 15 is 0 Å². The fourth-order valence-electron chi connectivity index (χ4n) is 3.14. The number of nitrogens with one attached hydrogen (secondary N) is 1. The van der Waals surface area contributed by atoms with Crippen LogP contribution in [-0.4, -0.2) is 15.9 Å². The molecule has 1 amide bonds. The number of pyridine rings is 1. The molecule has 3 heterocycles. The van der Waals surface area contributed by atoms with Gasteiger partial charge in [-0.3, -0.25) is 4.79 Å². The molecule has 0 saturated heterocycles. The van der Waals surface area contributed by atoms with Crippen molar-refractivity contribution < 1.29 is 9.21 Å². The Bertz CT molecular complexity index is 1140. The number of benzene rings is 1. The predicted molar refractivity (Wildman–Crippen MR) is 101 cm³/mol. The van der Waals surface area contributed by atoms with E-state index in [4.69, 9.17) is 4.42 Å². The lowest BCUT2D eigenvalue weighted by molar-refractivity contribution is 0.103. The third kappa shape index (κ3) is 2.68. The zero-order chi connectivity index (χ0) is 17.7. The van der Waals surface area contributed by atoms with E-state index in [-0.39, 0.29) is 5.91 Å². The summed E-state index contributed by atoms with van der Waals surface area (Å²) in [5.41, 5.74) is 5.23. The average Bonchev–Trinajstić information content (AvgIpc) is 3.06. The molecule has 0 fully saturated rings. The summed E-state index contributed by atoms with van der Waals surface area (Å²) in [6, 6.07) is 7.50. The quantitative estimate of drug-likeness (QED) is 0.556. The van der Waals surface area contributed by atoms with Gasteiger partial charge in [0, 0.05) is 23.7 Å². The highest BCUT2D eigenvalue weighted by Crippen LogP contribution is 2.33. The number of fused-ring (bicyclic) bond motifs is 2. The lowest BCUT2D eigenvalue weighted by atomic mass is 10.1. The van der Waals surface area contributed by atoms with Crippen LogP contribution >= 0.6 is 11.3 Å². The van der Waals surface area contributed by atoms with E-state index in [9.17, 15) is 4.79 Å². The number of amides is 1. The molecule has 126 valence electrons. The van der Waals surface area contributed by atoms with Gasteiger partial charge in [0.2, 0.25) is 0 Å². The summed E-state index contributed by atoms with van der Waals surface area (Å²) in [4.78, 5) is 23.2. The SMILES string of the molecule is Cc1cc(C)c2c(C)c(C(=O)Nc3ccc4oc(C)nc4c3)sc2n1. The van der Waals surface area contributed by atoms with Gasteiger partial charge in [-0.05, 0) is 56.2 Å². The van der Waals surface area contributed by atoms with Crippen LogP contribution in [0.3, 0.4) is 0 Å². The number of nitrogens with zero attached hydrogens (tertiary/aromatic N) is 2. The third-order valence-corrected chi connectivity index (χ3v) is 5.37. The Hall–Kier alpha value is -2.73. The van der Waals surface area contributed by atoms with Gasteiger partial charge in [0.15, 0.2) is 11.5 Å². The van der Waals surface area contributed by atoms with Crippen LogP contribution in [-0.2, 0) is 0 Å². The molecule has 0 spiro atoms. The largest absolute Gasteiger partial charge is 0.441 e. The second-order valence-corrected chi connectivity index (χ2v) is 7.19. The van der Waals surface area contributed by atoms with Crippen molar-refractivity contribution in [2.24, 2.45) is 0 Å². The van der Waals surface area contributed by atoms with Crippen molar-refractivity contribution in [3.8, 4) is 0 Å². The number of aromatic nitrogens is 2. The number of carbonyl (C=O) groups excluding carboxylic acids is 1. The van der Waals surface area contributed by atoms with Crippen molar-refractivity contribution in [2.75, 3.05) is 5.32 Å². The average molecular weight is 351 g/mol. The van der Waals surface area contributed by atoms with E-state index in [1.807, 2.05) is 38.1 Å². The normalized spacial score (nSPS) is 11.4. The molecule has 4 aromatic rings. The monoisotopic (exact) mass is 351 g/mol. The lowest BCUT2D eigenvalue weighted by Crippen LogP contribution is -2.11. The molecular weight excluding hydrogens is 334 g/mol. The summed E-state index contributed by atoms with van der Waals surface area (Å²) in [6.45, 7) is 7.80. The highest BCUT2D eigenvalue weighted by molar-refractivity contribution is 7.20. The Morgan fingerprint density at radius 3 is 2.72 bits per heavy atom. The number of oxazole rings is 1. The molecule has 4 rings (SSSR count). The zero-order valence-electron chi connectivity index (χ0n) is 14.4. The number of aryl methyl sites for hydroxylation is 4. The molecule has 0 atom stereocenters. The molecule has 0 radical (unpaired) electrons. The summed E-state index contributed by atoms with van der Waals surface area (Å²) in [5.74, 6) is 0.480. The van der Waals surface area contributed by atoms with Gasteiger partial charge in [-0.15, -0.1) is 11.3 Å². The van der Waals surface area contributed by atoms with E-state index in [1.165, 1.54) is 11.3 Å². The van der Waals surface area contributed by atoms with E-state index in [1.54, 1.807) is 6.92 Å². The molecule has 25 heavy (non-hydrogen) atoms. The van der Waals surface area contributed by atoms with Gasteiger partial charge in [0.05, 0.1) is 4.88 Å². The van der Waals surface area contributed by atoms with Crippen LogP contribution in [0.25, 0.3) is 21.3 Å². The highest BCUT2D eigenvalue weighted by Gasteiger charge is 2.18. The summed E-state index contributed by atoms with van der Waals surface area (Å²) < 4.78 is 5.47. The Morgan fingerprint density at radius 1 is 1.12 bits per heavy atom. The molecule has 0 bridgehead atoms. The molecule has 0 aliphatic heterocycles. The first-order chi connectivity index (χ1) is 11.9. The first kappa shape index (κ1) is 15.8. The molecule has 6 heteroatoms. The minimum absolute atomic E-state index is 0.128. The van der Waals surface area contributed by atoms with Crippen LogP contribution in [0.1, 0.15) is 32.4 Å². The van der Waals surface area contributed by atoms with E-state index in [2.05, 4.69) is 22.2 Å². The molecule has 1 aromatic carbocycles. The standard InChI is InChI=1S/C19H17N3O2S/c1-9-7-10(2)20-19-16(9)11(3)17(25-19)18(23)22-13-5-6-15-14(8-13)21-12(4)24-15/h5-8H,1-4H3,(H,22,23). The first-order valence-corrected chi connectivity index (χ1v) is 8.80. The summed E-state index contributed by atoms with van der Waals surface area (Å²) in [7, 11) is 0. The van der Waals surface area contributed by atoms with Gasteiger partial charge < -0.3 is 9.73 Å². The summed E-state index contributed by atoms with van der Waals surface area (Å²) in [5, 5.41) is 4.03. The number of thiophene rings is 1. The minimum Gasteiger partial charge on any atom is -0.441 e. The minimum atomic E-state index is -0.128. The van der Waals surface area contributed by atoms with Crippen molar-refractivity contribution in [2.45, 2.75) is 27.7 Å². The molecule has 0 aliphatic rings. The lowest BCUT2D eigenvalue weighted by Gasteiger charge is -2.04. The van der Waals surface area contributed by atoms with Crippen molar-refractivity contribution in [1.82, 2.24) is 9.97 Å². The highest BCUT2D eigenvalue weighted by atomic mass is 32.1. The van der Waals surface area contributed by atoms with Crippen LogP contribution < -0.4 is 5.32 Å². The van der Waals surface area contributed by atoms with Crippen LogP contribution in [0, 0.1) is 27.7 Å². The fourth-order valence-corrected chi connectivity index (χ4v) is 4.34. The topological polar surface area (TPSA) is 68.0 Å². The van der Waals surface area contributed by atoms with Gasteiger partial charge in [0.25, 0.3) is 5.91 Å². The van der Waals surface area contributed by atoms with Gasteiger partial charge in [-0.25, -0.2) is 9.97 Å². The number of hydrogen-bond acceptors (Lipinski definition) is 5. The zero-order valence-corrected chi connectivity index (χ0v) is 15.2. The van der Waals surface area contributed by atoms with Crippen molar-refractivity contribution >= 4 is 44.2 Å². The van der Waals surface area contributed by atoms with Crippen molar-refractivity contribution in [3.63, 3.8) is 0 Å². The fraction of sp³-hybridized carbons (Fsp3) is 0.211. The maximum atomic E-state index is 12.8. The number of carbonyl (C=O) groups is 1.